The Labute approximate surface area is 131 Å². The van der Waals surface area contributed by atoms with Gasteiger partial charge in [-0.1, -0.05) is 30.3 Å². The zero-order chi connectivity index (χ0) is 15.9. The zero-order valence-corrected chi connectivity index (χ0v) is 13.2. The highest BCUT2D eigenvalue weighted by Gasteiger charge is 2.20. The lowest BCUT2D eigenvalue weighted by Crippen LogP contribution is -3.13. The van der Waals surface area contributed by atoms with Crippen LogP contribution in [0.1, 0.15) is 25.8 Å². The van der Waals surface area contributed by atoms with Crippen molar-refractivity contribution in [3.8, 4) is 0 Å². The first-order valence-corrected chi connectivity index (χ1v) is 7.73. The van der Waals surface area contributed by atoms with Crippen molar-refractivity contribution in [1.29, 1.82) is 0 Å². The van der Waals surface area contributed by atoms with E-state index in [-0.39, 0.29) is 11.9 Å². The maximum atomic E-state index is 11.8. The smallest absolute Gasteiger partial charge is 0.321 e. The molecular formula is C17H24N3O2+. The van der Waals surface area contributed by atoms with Crippen LogP contribution in [0, 0.1) is 0 Å². The predicted molar refractivity (Wildman–Crippen MR) is 86.4 cm³/mol. The Morgan fingerprint density at radius 1 is 1.23 bits per heavy atom. The zero-order valence-electron chi connectivity index (χ0n) is 13.2. The van der Waals surface area contributed by atoms with Crippen LogP contribution in [-0.4, -0.2) is 37.6 Å². The molecule has 1 aliphatic heterocycles. The van der Waals surface area contributed by atoms with Gasteiger partial charge in [-0.25, -0.2) is 4.79 Å². The minimum absolute atomic E-state index is 0.0199. The van der Waals surface area contributed by atoms with Crippen molar-refractivity contribution in [1.82, 2.24) is 10.6 Å². The van der Waals surface area contributed by atoms with E-state index < -0.39 is 6.03 Å². The molecule has 118 valence electrons. The standard InChI is InChI=1S/C17H23N3O2/c1-13(2)18-17(22)19-16(21)12-20-10-8-15(9-11-20)14-6-4-3-5-7-14/h3-8,13H,9-12H2,1-2H3,(H2,18,19,21,22)/p+1. The molecule has 5 heteroatoms. The molecule has 1 aliphatic rings. The molecule has 5 nitrogen and oxygen atoms in total. The minimum atomic E-state index is -0.420. The fourth-order valence-electron chi connectivity index (χ4n) is 2.55. The molecule has 0 aliphatic carbocycles. The van der Waals surface area contributed by atoms with Crippen LogP contribution in [0.15, 0.2) is 36.4 Å². The number of imide groups is 1. The quantitative estimate of drug-likeness (QED) is 0.762. The van der Waals surface area contributed by atoms with E-state index >= 15 is 0 Å². The Balaban J connectivity index is 1.81. The molecule has 1 aromatic carbocycles. The van der Waals surface area contributed by atoms with E-state index in [4.69, 9.17) is 0 Å². The third-order valence-corrected chi connectivity index (χ3v) is 3.61. The Hall–Kier alpha value is -2.14. The van der Waals surface area contributed by atoms with E-state index in [1.165, 1.54) is 16.0 Å². The first kappa shape index (κ1) is 16.2. The van der Waals surface area contributed by atoms with Gasteiger partial charge in [0.05, 0.1) is 13.1 Å². The molecule has 1 atom stereocenters. The van der Waals surface area contributed by atoms with Gasteiger partial charge in [0.1, 0.15) is 0 Å². The second-order valence-electron chi connectivity index (χ2n) is 5.90. The number of carbonyl (C=O) groups is 2. The van der Waals surface area contributed by atoms with E-state index in [0.717, 1.165) is 19.5 Å². The fraction of sp³-hybridized carbons (Fsp3) is 0.412. The Morgan fingerprint density at radius 2 is 1.95 bits per heavy atom. The number of rotatable bonds is 4. The lowest BCUT2D eigenvalue weighted by molar-refractivity contribution is -0.886. The topological polar surface area (TPSA) is 62.6 Å². The molecule has 2 rings (SSSR count). The summed E-state index contributed by atoms with van der Waals surface area (Å²) in [5.41, 5.74) is 2.59. The Bertz CT molecular complexity index is 552. The Kier molecular flexibility index (Phi) is 5.72. The number of amides is 3. The summed E-state index contributed by atoms with van der Waals surface area (Å²) in [7, 11) is 0. The van der Waals surface area contributed by atoms with Gasteiger partial charge in [-0.05, 0) is 31.1 Å². The van der Waals surface area contributed by atoms with Crippen LogP contribution in [-0.2, 0) is 4.79 Å². The second-order valence-corrected chi connectivity index (χ2v) is 5.90. The molecule has 1 heterocycles. The van der Waals surface area contributed by atoms with Gasteiger partial charge in [-0.2, -0.15) is 0 Å². The highest BCUT2D eigenvalue weighted by molar-refractivity contribution is 5.94. The second kappa shape index (κ2) is 7.75. The lowest BCUT2D eigenvalue weighted by atomic mass is 10.00. The third kappa shape index (κ3) is 5.00. The molecular weight excluding hydrogens is 278 g/mol. The SMILES string of the molecule is CC(C)NC(=O)NC(=O)C[NH+]1CC=C(c2ccccc2)CC1. The van der Waals surface area contributed by atoms with E-state index in [1.807, 2.05) is 32.0 Å². The van der Waals surface area contributed by atoms with Crippen molar-refractivity contribution in [2.75, 3.05) is 19.6 Å². The van der Waals surface area contributed by atoms with Gasteiger partial charge in [0.2, 0.25) is 0 Å². The van der Waals surface area contributed by atoms with Crippen LogP contribution in [0.5, 0.6) is 0 Å². The van der Waals surface area contributed by atoms with Crippen molar-refractivity contribution in [3.63, 3.8) is 0 Å². The third-order valence-electron chi connectivity index (χ3n) is 3.61. The highest BCUT2D eigenvalue weighted by atomic mass is 16.2. The molecule has 3 N–H and O–H groups in total. The number of benzene rings is 1. The van der Waals surface area contributed by atoms with Crippen molar-refractivity contribution in [3.05, 3.63) is 42.0 Å². The molecule has 0 saturated carbocycles. The summed E-state index contributed by atoms with van der Waals surface area (Å²) in [6.45, 7) is 5.75. The van der Waals surface area contributed by atoms with E-state index in [1.54, 1.807) is 0 Å². The summed E-state index contributed by atoms with van der Waals surface area (Å²) < 4.78 is 0. The fourth-order valence-corrected chi connectivity index (χ4v) is 2.55. The molecule has 1 aromatic rings. The van der Waals surface area contributed by atoms with Crippen molar-refractivity contribution in [2.45, 2.75) is 26.3 Å². The lowest BCUT2D eigenvalue weighted by Gasteiger charge is -2.23. The molecule has 1 unspecified atom stereocenters. The molecule has 0 spiro atoms. The minimum Gasteiger partial charge on any atom is -0.336 e. The summed E-state index contributed by atoms with van der Waals surface area (Å²) in [6, 6.07) is 9.91. The summed E-state index contributed by atoms with van der Waals surface area (Å²) in [5, 5.41) is 5.02. The first-order valence-electron chi connectivity index (χ1n) is 7.73. The first-order chi connectivity index (χ1) is 10.5. The maximum Gasteiger partial charge on any atom is 0.321 e. The molecule has 3 amide bonds. The highest BCUT2D eigenvalue weighted by Crippen LogP contribution is 2.17. The number of urea groups is 1. The number of quaternary nitrogens is 1. The van der Waals surface area contributed by atoms with Crippen LogP contribution in [0.4, 0.5) is 4.79 Å². The van der Waals surface area contributed by atoms with Crippen molar-refractivity contribution < 1.29 is 14.5 Å². The maximum absolute atomic E-state index is 11.8. The average molecular weight is 302 g/mol. The molecule has 0 bridgehead atoms. The van der Waals surface area contributed by atoms with E-state index in [0.29, 0.717) is 6.54 Å². The van der Waals surface area contributed by atoms with Gasteiger partial charge in [0, 0.05) is 12.5 Å². The summed E-state index contributed by atoms with van der Waals surface area (Å²) >= 11 is 0. The predicted octanol–water partition coefficient (Wildman–Crippen LogP) is 0.593. The largest absolute Gasteiger partial charge is 0.336 e. The summed E-state index contributed by atoms with van der Waals surface area (Å²) in [5.74, 6) is -0.232. The van der Waals surface area contributed by atoms with E-state index in [9.17, 15) is 9.59 Å². The molecule has 0 aromatic heterocycles. The van der Waals surface area contributed by atoms with Gasteiger partial charge < -0.3 is 10.2 Å². The number of carbonyl (C=O) groups excluding carboxylic acids is 2. The molecule has 22 heavy (non-hydrogen) atoms. The van der Waals surface area contributed by atoms with Crippen molar-refractivity contribution >= 4 is 17.5 Å². The summed E-state index contributed by atoms with van der Waals surface area (Å²) in [4.78, 5) is 24.5. The molecule has 0 fully saturated rings. The summed E-state index contributed by atoms with van der Waals surface area (Å²) in [6.07, 6.45) is 3.14. The number of nitrogens with one attached hydrogen (secondary N) is 3. The molecule has 0 saturated heterocycles. The normalized spacial score (nSPS) is 17.8. The van der Waals surface area contributed by atoms with E-state index in [2.05, 4.69) is 28.8 Å². The van der Waals surface area contributed by atoms with Crippen LogP contribution in [0.3, 0.4) is 0 Å². The number of hydrogen-bond acceptors (Lipinski definition) is 2. The molecule has 0 radical (unpaired) electrons. The monoisotopic (exact) mass is 302 g/mol. The Morgan fingerprint density at radius 3 is 2.55 bits per heavy atom. The van der Waals surface area contributed by atoms with Crippen LogP contribution >= 0.6 is 0 Å². The van der Waals surface area contributed by atoms with Gasteiger partial charge in [0.15, 0.2) is 6.54 Å². The number of hydrogen-bond donors (Lipinski definition) is 3. The van der Waals surface area contributed by atoms with Crippen molar-refractivity contribution in [2.24, 2.45) is 0 Å². The van der Waals surface area contributed by atoms with Crippen LogP contribution in [0.25, 0.3) is 5.57 Å². The van der Waals surface area contributed by atoms with Gasteiger partial charge in [0.25, 0.3) is 5.91 Å². The van der Waals surface area contributed by atoms with Gasteiger partial charge in [-0.15, -0.1) is 0 Å². The van der Waals surface area contributed by atoms with Gasteiger partial charge in [-0.3, -0.25) is 10.1 Å². The van der Waals surface area contributed by atoms with Crippen LogP contribution in [0.2, 0.25) is 0 Å². The average Bonchev–Trinajstić information content (AvgIpc) is 2.47. The van der Waals surface area contributed by atoms with Crippen LogP contribution < -0.4 is 15.5 Å². The van der Waals surface area contributed by atoms with Gasteiger partial charge >= 0.3 is 6.03 Å².